The van der Waals surface area contributed by atoms with Crippen molar-refractivity contribution in [3.63, 3.8) is 0 Å². The van der Waals surface area contributed by atoms with Gasteiger partial charge in [0.1, 0.15) is 11.6 Å². The van der Waals surface area contributed by atoms with Crippen molar-refractivity contribution in [2.24, 2.45) is 5.92 Å². The number of likely N-dealkylation sites (tertiary alicyclic amines) is 2. The number of amides is 2. The summed E-state index contributed by atoms with van der Waals surface area (Å²) in [5.41, 5.74) is 1.73. The van der Waals surface area contributed by atoms with Crippen molar-refractivity contribution >= 4 is 23.4 Å². The van der Waals surface area contributed by atoms with E-state index in [1.54, 1.807) is 19.2 Å². The lowest BCUT2D eigenvalue weighted by atomic mass is 9.84. The topological polar surface area (TPSA) is 52.7 Å². The molecule has 0 bridgehead atoms. The zero-order valence-corrected chi connectivity index (χ0v) is 22.0. The molecule has 0 aromatic heterocycles. The zero-order valence-electron chi connectivity index (χ0n) is 21.3. The third kappa shape index (κ3) is 5.42. The Kier molecular flexibility index (Phi) is 7.72. The average molecular weight is 518 g/mol. The third-order valence-electron chi connectivity index (χ3n) is 7.68. The number of carbonyl (C=O) groups is 2. The first kappa shape index (κ1) is 26.6. The third-order valence-corrected chi connectivity index (χ3v) is 7.92. The Morgan fingerprint density at radius 1 is 1.00 bits per heavy atom. The fraction of sp³-hybridized carbons (Fsp3) is 0.500. The van der Waals surface area contributed by atoms with Crippen molar-refractivity contribution in [1.82, 2.24) is 15.1 Å². The van der Waals surface area contributed by atoms with Crippen molar-refractivity contribution in [3.8, 4) is 0 Å². The van der Waals surface area contributed by atoms with Crippen LogP contribution in [0.4, 0.5) is 8.78 Å². The summed E-state index contributed by atoms with van der Waals surface area (Å²) in [7, 11) is 1.59. The molecule has 4 rings (SSSR count). The number of nitrogens with one attached hydrogen (secondary N) is 1. The van der Waals surface area contributed by atoms with Crippen LogP contribution in [0.15, 0.2) is 36.4 Å². The van der Waals surface area contributed by atoms with Crippen LogP contribution < -0.4 is 5.32 Å². The molecular formula is C28H34ClF2N3O2. The largest absolute Gasteiger partial charge is 0.355 e. The summed E-state index contributed by atoms with van der Waals surface area (Å²) >= 11 is 6.14. The molecule has 2 aliphatic rings. The van der Waals surface area contributed by atoms with E-state index in [1.807, 2.05) is 11.0 Å². The van der Waals surface area contributed by atoms with Crippen molar-refractivity contribution in [1.29, 1.82) is 0 Å². The maximum absolute atomic E-state index is 14.8. The molecule has 0 saturated carbocycles. The number of halogens is 3. The van der Waals surface area contributed by atoms with Gasteiger partial charge in [-0.3, -0.25) is 14.5 Å². The molecule has 2 atom stereocenters. The predicted molar refractivity (Wildman–Crippen MR) is 137 cm³/mol. The minimum atomic E-state index is -0.620. The van der Waals surface area contributed by atoms with Crippen molar-refractivity contribution < 1.29 is 18.4 Å². The van der Waals surface area contributed by atoms with E-state index in [9.17, 15) is 18.4 Å². The van der Waals surface area contributed by atoms with E-state index < -0.39 is 17.6 Å². The van der Waals surface area contributed by atoms with Gasteiger partial charge >= 0.3 is 0 Å². The number of hydrogen-bond donors (Lipinski definition) is 1. The van der Waals surface area contributed by atoms with E-state index in [-0.39, 0.29) is 29.2 Å². The van der Waals surface area contributed by atoms with Crippen LogP contribution in [-0.4, -0.2) is 60.4 Å². The second-order valence-electron chi connectivity index (χ2n) is 10.9. The molecule has 2 saturated heterocycles. The summed E-state index contributed by atoms with van der Waals surface area (Å²) in [6, 6.07) is 9.03. The zero-order chi connectivity index (χ0) is 26.2. The summed E-state index contributed by atoms with van der Waals surface area (Å²) in [5, 5.41) is 3.18. The molecule has 2 aromatic rings. The molecule has 1 N–H and O–H groups in total. The van der Waals surface area contributed by atoms with E-state index in [2.05, 4.69) is 31.0 Å². The van der Waals surface area contributed by atoms with Crippen LogP contribution in [0.2, 0.25) is 5.02 Å². The minimum absolute atomic E-state index is 0.0107. The second kappa shape index (κ2) is 10.5. The molecule has 194 valence electrons. The molecule has 1 unspecified atom stereocenters. The van der Waals surface area contributed by atoms with Crippen molar-refractivity contribution in [3.05, 3.63) is 69.7 Å². The van der Waals surface area contributed by atoms with Gasteiger partial charge in [-0.15, -0.1) is 0 Å². The van der Waals surface area contributed by atoms with E-state index >= 15 is 0 Å². The van der Waals surface area contributed by atoms with Crippen LogP contribution in [0.3, 0.4) is 0 Å². The van der Waals surface area contributed by atoms with Crippen LogP contribution in [0, 0.1) is 17.6 Å². The smallest absolute Gasteiger partial charge is 0.251 e. The monoisotopic (exact) mass is 517 g/mol. The normalized spacial score (nSPS) is 21.6. The average Bonchev–Trinajstić information content (AvgIpc) is 3.29. The highest BCUT2D eigenvalue weighted by atomic mass is 35.5. The molecule has 5 nitrogen and oxygen atoms in total. The molecular weight excluding hydrogens is 484 g/mol. The number of nitrogens with zero attached hydrogens (tertiary/aromatic N) is 2. The standard InChI is InChI=1S/C28H34ClF2N3O2/c1-28(2,3)34-15-23(21-8-6-19(30)14-25(21)31)24(16-34)27(36)33-11-9-17(10-12-33)20-7-5-18(29)13-22(20)26(35)32-4/h5-8,13-14,17,23-24H,9-12,15-16H2,1-4H3,(H,32,35)/t23?,24-/m0/s1. The highest BCUT2D eigenvalue weighted by Crippen LogP contribution is 2.40. The first-order chi connectivity index (χ1) is 17.0. The van der Waals surface area contributed by atoms with Crippen LogP contribution in [0.5, 0.6) is 0 Å². The number of piperidine rings is 1. The van der Waals surface area contributed by atoms with E-state index in [4.69, 9.17) is 11.6 Å². The van der Waals surface area contributed by atoms with Crippen molar-refractivity contribution in [2.45, 2.75) is 51.0 Å². The van der Waals surface area contributed by atoms with Gasteiger partial charge in [-0.25, -0.2) is 8.78 Å². The number of benzene rings is 2. The minimum Gasteiger partial charge on any atom is -0.355 e. The summed E-state index contributed by atoms with van der Waals surface area (Å²) in [6.07, 6.45) is 1.45. The molecule has 2 heterocycles. The highest BCUT2D eigenvalue weighted by Gasteiger charge is 2.44. The first-order valence-corrected chi connectivity index (χ1v) is 12.9. The summed E-state index contributed by atoms with van der Waals surface area (Å²) in [6.45, 7) is 8.44. The second-order valence-corrected chi connectivity index (χ2v) is 11.3. The maximum Gasteiger partial charge on any atom is 0.251 e. The van der Waals surface area contributed by atoms with Gasteiger partial charge in [-0.05, 0) is 68.9 Å². The van der Waals surface area contributed by atoms with Gasteiger partial charge in [-0.2, -0.15) is 0 Å². The number of hydrogen-bond acceptors (Lipinski definition) is 3. The molecule has 0 spiro atoms. The highest BCUT2D eigenvalue weighted by molar-refractivity contribution is 6.31. The molecule has 2 fully saturated rings. The van der Waals surface area contributed by atoms with E-state index in [1.165, 1.54) is 12.1 Å². The van der Waals surface area contributed by atoms with Crippen LogP contribution in [0.1, 0.15) is 66.9 Å². The van der Waals surface area contributed by atoms with Crippen molar-refractivity contribution in [2.75, 3.05) is 33.2 Å². The fourth-order valence-electron chi connectivity index (χ4n) is 5.58. The van der Waals surface area contributed by atoms with Gasteiger partial charge in [0.2, 0.25) is 5.91 Å². The number of rotatable bonds is 4. The van der Waals surface area contributed by atoms with Crippen LogP contribution in [0.25, 0.3) is 0 Å². The quantitative estimate of drug-likeness (QED) is 0.606. The van der Waals surface area contributed by atoms with Gasteiger partial charge in [0.25, 0.3) is 5.91 Å². The fourth-order valence-corrected chi connectivity index (χ4v) is 5.75. The summed E-state index contributed by atoms with van der Waals surface area (Å²) < 4.78 is 28.4. The van der Waals surface area contributed by atoms with Gasteiger partial charge < -0.3 is 10.2 Å². The molecule has 8 heteroatoms. The number of carbonyl (C=O) groups excluding carboxylic acids is 2. The van der Waals surface area contributed by atoms with Gasteiger partial charge in [0, 0.05) is 61.3 Å². The molecule has 36 heavy (non-hydrogen) atoms. The van der Waals surface area contributed by atoms with Crippen LogP contribution >= 0.6 is 11.6 Å². The Morgan fingerprint density at radius 3 is 2.28 bits per heavy atom. The Balaban J connectivity index is 1.52. The molecule has 2 aromatic carbocycles. The van der Waals surface area contributed by atoms with E-state index in [0.29, 0.717) is 42.3 Å². The van der Waals surface area contributed by atoms with Gasteiger partial charge in [0.05, 0.1) is 5.92 Å². The van der Waals surface area contributed by atoms with Gasteiger partial charge in [0.15, 0.2) is 0 Å². The Labute approximate surface area is 216 Å². The summed E-state index contributed by atoms with van der Waals surface area (Å²) in [5.74, 6) is -2.00. The molecule has 0 radical (unpaired) electrons. The Hall–Kier alpha value is -2.51. The first-order valence-electron chi connectivity index (χ1n) is 12.5. The van der Waals surface area contributed by atoms with Gasteiger partial charge in [-0.1, -0.05) is 23.7 Å². The molecule has 0 aliphatic carbocycles. The summed E-state index contributed by atoms with van der Waals surface area (Å²) in [4.78, 5) is 30.3. The lowest BCUT2D eigenvalue weighted by Crippen LogP contribution is -2.44. The lowest BCUT2D eigenvalue weighted by Gasteiger charge is -2.35. The SMILES string of the molecule is CNC(=O)c1cc(Cl)ccc1C1CCN(C(=O)[C@H]2CN(C(C)(C)C)CC2c2ccc(F)cc2F)CC1. The lowest BCUT2D eigenvalue weighted by molar-refractivity contribution is -0.136. The van der Waals surface area contributed by atoms with E-state index in [0.717, 1.165) is 24.5 Å². The molecule has 2 amide bonds. The molecule has 2 aliphatic heterocycles. The maximum atomic E-state index is 14.8. The Morgan fingerprint density at radius 2 is 1.67 bits per heavy atom. The Bertz CT molecular complexity index is 1140. The van der Waals surface area contributed by atoms with Crippen LogP contribution in [-0.2, 0) is 4.79 Å². The predicted octanol–water partition coefficient (Wildman–Crippen LogP) is 5.20.